The second kappa shape index (κ2) is 5.89. The van der Waals surface area contributed by atoms with Crippen molar-refractivity contribution in [2.45, 2.75) is 25.8 Å². The minimum Gasteiger partial charge on any atom is -0.330 e. The summed E-state index contributed by atoms with van der Waals surface area (Å²) in [6, 6.07) is 8.07. The first-order valence-electron chi connectivity index (χ1n) is 7.76. The van der Waals surface area contributed by atoms with Gasteiger partial charge in [0.15, 0.2) is 0 Å². The van der Waals surface area contributed by atoms with Gasteiger partial charge in [-0.2, -0.15) is 0 Å². The minimum atomic E-state index is 0. The number of amides is 1. The van der Waals surface area contributed by atoms with Gasteiger partial charge in [0.1, 0.15) is 0 Å². The Morgan fingerprint density at radius 1 is 1.27 bits per heavy atom. The summed E-state index contributed by atoms with van der Waals surface area (Å²) >= 11 is 0. The van der Waals surface area contributed by atoms with Gasteiger partial charge in [0.2, 0.25) is 11.9 Å². The third-order valence-corrected chi connectivity index (χ3v) is 4.97. The predicted octanol–water partition coefficient (Wildman–Crippen LogP) is 2.18. The van der Waals surface area contributed by atoms with E-state index in [9.17, 15) is 4.79 Å². The van der Waals surface area contributed by atoms with Gasteiger partial charge in [0, 0.05) is 19.0 Å². The zero-order valence-corrected chi connectivity index (χ0v) is 13.3. The smallest absolute Gasteiger partial charge is 0.232 e. The zero-order valence-electron chi connectivity index (χ0n) is 12.4. The van der Waals surface area contributed by atoms with Crippen molar-refractivity contribution in [1.82, 2.24) is 9.55 Å². The summed E-state index contributed by atoms with van der Waals surface area (Å²) in [6.45, 7) is 2.18. The maximum absolute atomic E-state index is 12.9. The summed E-state index contributed by atoms with van der Waals surface area (Å²) in [5.41, 5.74) is 7.91. The first kappa shape index (κ1) is 15.3. The second-order valence-electron chi connectivity index (χ2n) is 6.08. The number of anilines is 1. The molecule has 1 aromatic heterocycles. The molecular formula is C16H21ClN4O. The number of rotatable bonds is 2. The number of nitrogens with two attached hydrogens (primary N) is 1. The van der Waals surface area contributed by atoms with Gasteiger partial charge in [-0.25, -0.2) is 4.98 Å². The van der Waals surface area contributed by atoms with Gasteiger partial charge < -0.3 is 10.3 Å². The van der Waals surface area contributed by atoms with Crippen LogP contribution in [-0.2, 0) is 11.3 Å². The molecule has 0 radical (unpaired) electrons. The Morgan fingerprint density at radius 3 is 2.91 bits per heavy atom. The molecule has 2 N–H and O–H groups in total. The predicted molar refractivity (Wildman–Crippen MR) is 89.2 cm³/mol. The van der Waals surface area contributed by atoms with Gasteiger partial charge in [-0.1, -0.05) is 18.6 Å². The first-order valence-corrected chi connectivity index (χ1v) is 7.76. The van der Waals surface area contributed by atoms with Crippen LogP contribution in [0.25, 0.3) is 11.0 Å². The Morgan fingerprint density at radius 2 is 2.09 bits per heavy atom. The van der Waals surface area contributed by atoms with Crippen molar-refractivity contribution in [2.24, 2.45) is 17.6 Å². The van der Waals surface area contributed by atoms with E-state index in [2.05, 4.69) is 15.6 Å². The van der Waals surface area contributed by atoms with Crippen LogP contribution in [0.5, 0.6) is 0 Å². The van der Waals surface area contributed by atoms with E-state index in [1.807, 2.05) is 23.1 Å². The van der Waals surface area contributed by atoms with E-state index in [4.69, 9.17) is 5.73 Å². The van der Waals surface area contributed by atoms with Crippen LogP contribution >= 0.6 is 12.4 Å². The molecule has 1 aliphatic heterocycles. The third kappa shape index (κ3) is 2.20. The van der Waals surface area contributed by atoms with E-state index in [0.717, 1.165) is 49.3 Å². The fraction of sp³-hybridized carbons (Fsp3) is 0.500. The number of benzene rings is 1. The van der Waals surface area contributed by atoms with Crippen molar-refractivity contribution in [3.8, 4) is 0 Å². The molecule has 5 nitrogen and oxygen atoms in total. The van der Waals surface area contributed by atoms with Crippen LogP contribution in [-0.4, -0.2) is 28.5 Å². The number of fused-ring (bicyclic) bond motifs is 3. The monoisotopic (exact) mass is 320 g/mol. The van der Waals surface area contributed by atoms with E-state index in [0.29, 0.717) is 12.5 Å². The van der Waals surface area contributed by atoms with Gasteiger partial charge in [-0.05, 0) is 37.4 Å². The highest BCUT2D eigenvalue weighted by Gasteiger charge is 2.38. The zero-order chi connectivity index (χ0) is 14.4. The average molecular weight is 321 g/mol. The molecule has 118 valence electrons. The highest BCUT2D eigenvalue weighted by molar-refractivity contribution is 5.96. The Labute approximate surface area is 135 Å². The van der Waals surface area contributed by atoms with Crippen molar-refractivity contribution < 1.29 is 4.79 Å². The number of carbonyl (C=O) groups is 1. The molecule has 1 amide bonds. The summed E-state index contributed by atoms with van der Waals surface area (Å²) in [5, 5.41) is 0. The topological polar surface area (TPSA) is 64.2 Å². The molecule has 1 fully saturated rings. The van der Waals surface area contributed by atoms with Crippen molar-refractivity contribution in [1.29, 1.82) is 0 Å². The number of halogens is 1. The first-order chi connectivity index (χ1) is 10.3. The Kier molecular flexibility index (Phi) is 4.10. The molecule has 4 rings (SSSR count). The van der Waals surface area contributed by atoms with E-state index >= 15 is 0 Å². The number of para-hydroxylation sites is 2. The summed E-state index contributed by atoms with van der Waals surface area (Å²) < 4.78 is 2.15. The summed E-state index contributed by atoms with van der Waals surface area (Å²) in [6.07, 6.45) is 3.16. The molecular weight excluding hydrogens is 300 g/mol. The molecule has 2 heterocycles. The SMILES string of the molecule is Cl.NC[C@H]1CCC[C@H]1C(=O)N1CCn2c1nc1ccccc12. The normalized spacial score (nSPS) is 23.6. The molecule has 2 aromatic rings. The molecule has 0 saturated heterocycles. The molecule has 1 aromatic carbocycles. The average Bonchev–Trinajstić information content (AvgIpc) is 3.20. The van der Waals surface area contributed by atoms with Gasteiger partial charge in [0.25, 0.3) is 0 Å². The van der Waals surface area contributed by atoms with E-state index in [1.165, 1.54) is 0 Å². The van der Waals surface area contributed by atoms with Crippen LogP contribution in [0.2, 0.25) is 0 Å². The number of imidazole rings is 1. The number of nitrogens with zero attached hydrogens (tertiary/aromatic N) is 3. The van der Waals surface area contributed by atoms with Gasteiger partial charge >= 0.3 is 0 Å². The van der Waals surface area contributed by atoms with Crippen molar-refractivity contribution in [3.63, 3.8) is 0 Å². The molecule has 0 bridgehead atoms. The van der Waals surface area contributed by atoms with Gasteiger partial charge in [0.05, 0.1) is 11.0 Å². The second-order valence-corrected chi connectivity index (χ2v) is 6.08. The fourth-order valence-corrected chi connectivity index (χ4v) is 3.84. The standard InChI is InChI=1S/C16H20N4O.ClH/c17-10-11-4-3-5-12(11)15(21)20-9-8-19-14-7-2-1-6-13(14)18-16(19)20;/h1-2,6-7,11-12H,3-5,8-10,17H2;1H/t11-,12-;/m1./s1. The summed E-state index contributed by atoms with van der Waals surface area (Å²) in [5.74, 6) is 1.46. The van der Waals surface area contributed by atoms with Crippen molar-refractivity contribution in [3.05, 3.63) is 24.3 Å². The fourth-order valence-electron chi connectivity index (χ4n) is 3.84. The molecule has 6 heteroatoms. The van der Waals surface area contributed by atoms with E-state index < -0.39 is 0 Å². The van der Waals surface area contributed by atoms with Crippen LogP contribution in [0.3, 0.4) is 0 Å². The number of hydrogen-bond acceptors (Lipinski definition) is 3. The van der Waals surface area contributed by atoms with Crippen LogP contribution < -0.4 is 10.6 Å². The quantitative estimate of drug-likeness (QED) is 0.922. The third-order valence-electron chi connectivity index (χ3n) is 4.97. The Balaban J connectivity index is 0.00000144. The van der Waals surface area contributed by atoms with E-state index in [-0.39, 0.29) is 24.2 Å². The lowest BCUT2D eigenvalue weighted by atomic mass is 9.95. The summed E-state index contributed by atoms with van der Waals surface area (Å²) in [7, 11) is 0. The lowest BCUT2D eigenvalue weighted by Crippen LogP contribution is -2.38. The van der Waals surface area contributed by atoms with Crippen molar-refractivity contribution in [2.75, 3.05) is 18.0 Å². The lowest BCUT2D eigenvalue weighted by molar-refractivity contribution is -0.123. The van der Waals surface area contributed by atoms with Gasteiger partial charge in [-0.3, -0.25) is 9.69 Å². The highest BCUT2D eigenvalue weighted by Crippen LogP contribution is 2.35. The van der Waals surface area contributed by atoms with Crippen LogP contribution in [0.15, 0.2) is 24.3 Å². The molecule has 1 aliphatic carbocycles. The van der Waals surface area contributed by atoms with Crippen LogP contribution in [0.4, 0.5) is 5.95 Å². The van der Waals surface area contributed by atoms with Crippen LogP contribution in [0, 0.1) is 11.8 Å². The molecule has 0 unspecified atom stereocenters. The summed E-state index contributed by atoms with van der Waals surface area (Å²) in [4.78, 5) is 19.4. The Hall–Kier alpha value is -1.59. The van der Waals surface area contributed by atoms with E-state index in [1.54, 1.807) is 0 Å². The van der Waals surface area contributed by atoms with Crippen LogP contribution in [0.1, 0.15) is 19.3 Å². The highest BCUT2D eigenvalue weighted by atomic mass is 35.5. The maximum Gasteiger partial charge on any atom is 0.232 e. The number of carbonyl (C=O) groups excluding carboxylic acids is 1. The number of hydrogen-bond donors (Lipinski definition) is 1. The van der Waals surface area contributed by atoms with Crippen molar-refractivity contribution >= 4 is 35.3 Å². The minimum absolute atomic E-state index is 0. The largest absolute Gasteiger partial charge is 0.330 e. The molecule has 0 spiro atoms. The molecule has 2 aliphatic rings. The Bertz CT molecular complexity index is 699. The molecule has 2 atom stereocenters. The lowest BCUT2D eigenvalue weighted by Gasteiger charge is -2.22. The van der Waals surface area contributed by atoms with Gasteiger partial charge in [-0.15, -0.1) is 12.4 Å². The molecule has 1 saturated carbocycles. The maximum atomic E-state index is 12.9. The molecule has 22 heavy (non-hydrogen) atoms. The number of aromatic nitrogens is 2.